The highest BCUT2D eigenvalue weighted by atomic mass is 35.5. The van der Waals surface area contributed by atoms with Crippen LogP contribution in [0.1, 0.15) is 16.8 Å². The van der Waals surface area contributed by atoms with Crippen molar-refractivity contribution in [3.8, 4) is 0 Å². The van der Waals surface area contributed by atoms with Crippen LogP contribution in [0, 0.1) is 0 Å². The monoisotopic (exact) mass is 423 g/mol. The van der Waals surface area contributed by atoms with Crippen molar-refractivity contribution in [2.75, 3.05) is 32.9 Å². The highest BCUT2D eigenvalue weighted by molar-refractivity contribution is 7.89. The Morgan fingerprint density at radius 2 is 1.85 bits per heavy atom. The van der Waals surface area contributed by atoms with Gasteiger partial charge in [0.15, 0.2) is 0 Å². The van der Waals surface area contributed by atoms with Crippen LogP contribution in [0.3, 0.4) is 0 Å². The molecule has 2 aliphatic rings. The van der Waals surface area contributed by atoms with E-state index in [1.54, 1.807) is 0 Å². The van der Waals surface area contributed by atoms with E-state index in [2.05, 4.69) is 0 Å². The molecule has 2 fully saturated rings. The molecule has 142 valence electrons. The first-order chi connectivity index (χ1) is 12.3. The molecule has 1 aromatic carbocycles. The Morgan fingerprint density at radius 1 is 1.15 bits per heavy atom. The molecule has 0 spiro atoms. The second kappa shape index (κ2) is 7.69. The van der Waals surface area contributed by atoms with E-state index < -0.39 is 28.1 Å². The molecule has 0 N–H and O–H groups in total. The summed E-state index contributed by atoms with van der Waals surface area (Å²) in [4.78, 5) is 23.5. The molecule has 0 amide bonds. The van der Waals surface area contributed by atoms with Gasteiger partial charge in [-0.05, 0) is 12.1 Å². The van der Waals surface area contributed by atoms with Crippen molar-refractivity contribution in [1.29, 1.82) is 0 Å². The van der Waals surface area contributed by atoms with E-state index in [0.717, 1.165) is 6.07 Å². The van der Waals surface area contributed by atoms with Gasteiger partial charge >= 0.3 is 11.9 Å². The van der Waals surface area contributed by atoms with Crippen LogP contribution in [0.25, 0.3) is 0 Å². The molecule has 0 aliphatic carbocycles. The van der Waals surface area contributed by atoms with Crippen molar-refractivity contribution in [2.24, 2.45) is 0 Å². The van der Waals surface area contributed by atoms with Crippen LogP contribution >= 0.6 is 23.2 Å². The molecular weight excluding hydrogens is 409 g/mol. The van der Waals surface area contributed by atoms with E-state index >= 15 is 0 Å². The molecule has 2 saturated heterocycles. The fourth-order valence-corrected chi connectivity index (χ4v) is 4.82. The summed E-state index contributed by atoms with van der Waals surface area (Å²) in [7, 11) is -3.94. The number of hydrogen-bond acceptors (Lipinski definition) is 7. The predicted octanol–water partition coefficient (Wildman–Crippen LogP) is 1.49. The van der Waals surface area contributed by atoms with Crippen LogP contribution in [0.5, 0.6) is 0 Å². The number of carbonyl (C=O) groups excluding carboxylic acids is 2. The number of rotatable bonds is 4. The summed E-state index contributed by atoms with van der Waals surface area (Å²) >= 11 is 12.1. The van der Waals surface area contributed by atoms with Crippen LogP contribution < -0.4 is 0 Å². The predicted molar refractivity (Wildman–Crippen MR) is 90.8 cm³/mol. The smallest absolute Gasteiger partial charge is 0.347 e. The summed E-state index contributed by atoms with van der Waals surface area (Å²) in [5.74, 6) is -1.57. The Hall–Kier alpha value is -1.39. The third kappa shape index (κ3) is 3.81. The summed E-state index contributed by atoms with van der Waals surface area (Å²) in [6, 6.07) is 2.23. The standard InChI is InChI=1S/C15H15Cl2NO7S/c16-10-8-11(17)13(26(21,22)18-2-5-23-6-3-18)7-9(10)14(19)25-12-1-4-24-15(12)20/h7-8,12H,1-6H2. The lowest BCUT2D eigenvalue weighted by molar-refractivity contribution is -0.145. The van der Waals surface area contributed by atoms with Crippen LogP contribution in [-0.2, 0) is 29.0 Å². The molecule has 0 radical (unpaired) electrons. The van der Waals surface area contributed by atoms with Gasteiger partial charge in [0.25, 0.3) is 0 Å². The molecule has 2 heterocycles. The highest BCUT2D eigenvalue weighted by Gasteiger charge is 2.33. The lowest BCUT2D eigenvalue weighted by Crippen LogP contribution is -2.40. The van der Waals surface area contributed by atoms with Gasteiger partial charge in [0.05, 0.1) is 35.4 Å². The maximum Gasteiger partial charge on any atom is 0.347 e. The van der Waals surface area contributed by atoms with Gasteiger partial charge in [-0.25, -0.2) is 18.0 Å². The number of nitrogens with zero attached hydrogens (tertiary/aromatic N) is 1. The first-order valence-electron chi connectivity index (χ1n) is 7.75. The third-order valence-corrected chi connectivity index (χ3v) is 6.64. The average molecular weight is 424 g/mol. The summed E-state index contributed by atoms with van der Waals surface area (Å²) < 4.78 is 41.8. The number of hydrogen-bond donors (Lipinski definition) is 0. The van der Waals surface area contributed by atoms with Crippen molar-refractivity contribution in [3.63, 3.8) is 0 Å². The normalized spacial score (nSPS) is 21.5. The first kappa shape index (κ1) is 19.4. The zero-order valence-corrected chi connectivity index (χ0v) is 15.8. The van der Waals surface area contributed by atoms with Gasteiger partial charge in [-0.3, -0.25) is 0 Å². The van der Waals surface area contributed by atoms with E-state index in [1.165, 1.54) is 10.4 Å². The topological polar surface area (TPSA) is 99.2 Å². The van der Waals surface area contributed by atoms with Crippen LogP contribution in [-0.4, -0.2) is 63.7 Å². The number of benzene rings is 1. The van der Waals surface area contributed by atoms with Gasteiger partial charge in [0, 0.05) is 19.5 Å². The van der Waals surface area contributed by atoms with E-state index in [1.807, 2.05) is 0 Å². The van der Waals surface area contributed by atoms with E-state index in [0.29, 0.717) is 0 Å². The molecule has 0 aromatic heterocycles. The Morgan fingerprint density at radius 3 is 2.46 bits per heavy atom. The fraction of sp³-hybridized carbons (Fsp3) is 0.467. The number of sulfonamides is 1. The molecular formula is C15H15Cl2NO7S. The maximum atomic E-state index is 12.8. The van der Waals surface area contributed by atoms with Crippen LogP contribution in [0.2, 0.25) is 10.0 Å². The second-order valence-electron chi connectivity index (χ2n) is 5.63. The van der Waals surface area contributed by atoms with Crippen LogP contribution in [0.4, 0.5) is 0 Å². The number of morpholine rings is 1. The van der Waals surface area contributed by atoms with Gasteiger partial charge in [-0.2, -0.15) is 4.31 Å². The number of ether oxygens (including phenoxy) is 3. The minimum atomic E-state index is -3.94. The molecule has 8 nitrogen and oxygen atoms in total. The highest BCUT2D eigenvalue weighted by Crippen LogP contribution is 2.32. The van der Waals surface area contributed by atoms with Gasteiger partial charge in [-0.1, -0.05) is 23.2 Å². The summed E-state index contributed by atoms with van der Waals surface area (Å²) in [6.07, 6.45) is -0.803. The zero-order chi connectivity index (χ0) is 18.9. The summed E-state index contributed by atoms with van der Waals surface area (Å²) in [5.41, 5.74) is -0.192. The lowest BCUT2D eigenvalue weighted by atomic mass is 10.2. The van der Waals surface area contributed by atoms with Gasteiger partial charge in [0.1, 0.15) is 4.90 Å². The molecule has 3 rings (SSSR count). The Kier molecular flexibility index (Phi) is 5.73. The molecule has 1 aromatic rings. The van der Waals surface area contributed by atoms with Crippen molar-refractivity contribution in [1.82, 2.24) is 4.31 Å². The molecule has 11 heteroatoms. The molecule has 1 atom stereocenters. The Labute approximate surface area is 159 Å². The van der Waals surface area contributed by atoms with Crippen molar-refractivity contribution < 1.29 is 32.2 Å². The molecule has 26 heavy (non-hydrogen) atoms. The average Bonchev–Trinajstić information content (AvgIpc) is 3.00. The largest absolute Gasteiger partial charge is 0.463 e. The molecule has 2 aliphatic heterocycles. The maximum absolute atomic E-state index is 12.8. The van der Waals surface area contributed by atoms with Gasteiger partial charge in [0.2, 0.25) is 16.1 Å². The molecule has 1 unspecified atom stereocenters. The molecule has 0 bridgehead atoms. The second-order valence-corrected chi connectivity index (χ2v) is 8.35. The van der Waals surface area contributed by atoms with Crippen molar-refractivity contribution >= 4 is 45.2 Å². The van der Waals surface area contributed by atoms with E-state index in [-0.39, 0.29) is 59.8 Å². The molecule has 0 saturated carbocycles. The van der Waals surface area contributed by atoms with Crippen LogP contribution in [0.15, 0.2) is 17.0 Å². The Balaban J connectivity index is 1.91. The van der Waals surface area contributed by atoms with Crippen molar-refractivity contribution in [2.45, 2.75) is 17.4 Å². The number of cyclic esters (lactones) is 1. The van der Waals surface area contributed by atoms with Crippen molar-refractivity contribution in [3.05, 3.63) is 27.7 Å². The quantitative estimate of drug-likeness (QED) is 0.676. The zero-order valence-electron chi connectivity index (χ0n) is 13.4. The number of carbonyl (C=O) groups is 2. The minimum absolute atomic E-state index is 0.0766. The van der Waals surface area contributed by atoms with E-state index in [9.17, 15) is 18.0 Å². The van der Waals surface area contributed by atoms with Gasteiger partial charge < -0.3 is 14.2 Å². The number of esters is 2. The summed E-state index contributed by atoms with van der Waals surface area (Å²) in [5, 5.41) is -0.189. The lowest BCUT2D eigenvalue weighted by Gasteiger charge is -2.26. The number of halogens is 2. The minimum Gasteiger partial charge on any atom is -0.463 e. The Bertz CT molecular complexity index is 837. The van der Waals surface area contributed by atoms with Gasteiger partial charge in [-0.15, -0.1) is 0 Å². The third-order valence-electron chi connectivity index (χ3n) is 3.97. The SMILES string of the molecule is O=C(OC1CCOC1=O)c1cc(S(=O)(=O)N2CCOCC2)c(Cl)cc1Cl. The summed E-state index contributed by atoms with van der Waals surface area (Å²) in [6.45, 7) is 1.04. The first-order valence-corrected chi connectivity index (χ1v) is 9.95. The van der Waals surface area contributed by atoms with E-state index in [4.69, 9.17) is 37.4 Å². The fourth-order valence-electron chi connectivity index (χ4n) is 2.59.